The first-order chi connectivity index (χ1) is 12.1. The summed E-state index contributed by atoms with van der Waals surface area (Å²) < 4.78 is 34.8. The van der Waals surface area contributed by atoms with Gasteiger partial charge in [-0.15, -0.1) is 0 Å². The van der Waals surface area contributed by atoms with Gasteiger partial charge in [-0.2, -0.15) is 0 Å². The van der Waals surface area contributed by atoms with Gasteiger partial charge in [-0.25, -0.2) is 0 Å². The summed E-state index contributed by atoms with van der Waals surface area (Å²) in [7, 11) is -2.18. The van der Waals surface area contributed by atoms with Gasteiger partial charge in [0.05, 0.1) is 39.6 Å². The van der Waals surface area contributed by atoms with Gasteiger partial charge in [0.15, 0.2) is 0 Å². The summed E-state index contributed by atoms with van der Waals surface area (Å²) in [5.74, 6) is 0. The van der Waals surface area contributed by atoms with Crippen LogP contribution in [0, 0.1) is 16.2 Å². The van der Waals surface area contributed by atoms with Crippen LogP contribution in [-0.2, 0) is 27.5 Å². The molecule has 3 fully saturated rings. The molecule has 0 aromatic heterocycles. The highest BCUT2D eigenvalue weighted by atomic mass is 28.3. The number of ether oxygens (including phenoxy) is 3. The zero-order valence-corrected chi connectivity index (χ0v) is 17.2. The molecule has 146 valence electrons. The molecule has 3 aliphatic heterocycles. The Morgan fingerprint density at radius 1 is 0.600 bits per heavy atom. The lowest BCUT2D eigenvalue weighted by atomic mass is 9.84. The Kier molecular flexibility index (Phi) is 6.58. The van der Waals surface area contributed by atoms with E-state index in [1.54, 1.807) is 0 Å². The van der Waals surface area contributed by atoms with Crippen molar-refractivity contribution in [2.75, 3.05) is 59.5 Å². The van der Waals surface area contributed by atoms with Gasteiger partial charge in [0, 0.05) is 36.1 Å². The maximum atomic E-state index is 6.19. The smallest absolute Gasteiger partial charge is 0.380 e. The molecule has 7 heteroatoms. The molecule has 0 unspecified atom stereocenters. The lowest BCUT2D eigenvalue weighted by Gasteiger charge is -2.44. The lowest BCUT2D eigenvalue weighted by molar-refractivity contribution is -0.162. The summed E-state index contributed by atoms with van der Waals surface area (Å²) in [5, 5.41) is 0. The van der Waals surface area contributed by atoms with Gasteiger partial charge in [0.2, 0.25) is 0 Å². The van der Waals surface area contributed by atoms with E-state index in [4.69, 9.17) is 27.5 Å². The molecule has 0 saturated carbocycles. The van der Waals surface area contributed by atoms with Gasteiger partial charge in [-0.05, 0) is 19.3 Å². The van der Waals surface area contributed by atoms with Crippen LogP contribution < -0.4 is 0 Å². The summed E-state index contributed by atoms with van der Waals surface area (Å²) >= 11 is 0. The Balaban J connectivity index is 1.51. The summed E-state index contributed by atoms with van der Waals surface area (Å²) in [6, 6.07) is 0. The molecule has 0 atom stereocenters. The second-order valence-electron chi connectivity index (χ2n) is 8.26. The molecule has 25 heavy (non-hydrogen) atoms. The van der Waals surface area contributed by atoms with E-state index in [0.717, 1.165) is 58.9 Å². The van der Waals surface area contributed by atoms with Gasteiger partial charge in [-0.3, -0.25) is 0 Å². The Hall–Kier alpha value is -0.0231. The van der Waals surface area contributed by atoms with Crippen LogP contribution in [0.15, 0.2) is 0 Å². The van der Waals surface area contributed by atoms with Crippen LogP contribution in [0.2, 0.25) is 0 Å². The summed E-state index contributed by atoms with van der Waals surface area (Å²) in [5.41, 5.74) is 0.464. The Morgan fingerprint density at radius 3 is 1.04 bits per heavy atom. The van der Waals surface area contributed by atoms with Crippen LogP contribution in [0.1, 0.15) is 40.0 Å². The van der Waals surface area contributed by atoms with E-state index in [9.17, 15) is 0 Å². The third-order valence-electron chi connectivity index (χ3n) is 6.28. The molecule has 0 aromatic rings. The third-order valence-corrected chi connectivity index (χ3v) is 7.59. The van der Waals surface area contributed by atoms with Crippen LogP contribution in [0.4, 0.5) is 0 Å². The molecular formula is C18H34O6Si. The van der Waals surface area contributed by atoms with E-state index in [0.29, 0.717) is 19.8 Å². The van der Waals surface area contributed by atoms with Crippen molar-refractivity contribution in [2.45, 2.75) is 40.0 Å². The maximum Gasteiger partial charge on any atom is 0.484 e. The second-order valence-corrected chi connectivity index (χ2v) is 9.84. The Bertz CT molecular complexity index is 341. The van der Waals surface area contributed by atoms with E-state index in [-0.39, 0.29) is 16.2 Å². The fraction of sp³-hybridized carbons (Fsp3) is 1.00. The van der Waals surface area contributed by atoms with Gasteiger partial charge < -0.3 is 27.5 Å². The fourth-order valence-electron chi connectivity index (χ4n) is 3.22. The van der Waals surface area contributed by atoms with Crippen LogP contribution in [0.25, 0.3) is 0 Å². The summed E-state index contributed by atoms with van der Waals surface area (Å²) in [6.07, 6.45) is 3.19. The van der Waals surface area contributed by atoms with Crippen molar-refractivity contribution >= 4 is 9.53 Å². The SMILES string of the molecule is CCC1(CO[SiH](OCC2(CC)COC2)OCC2(CC)COC2)COC1. The van der Waals surface area contributed by atoms with Crippen LogP contribution in [0.3, 0.4) is 0 Å². The van der Waals surface area contributed by atoms with Crippen LogP contribution in [0.5, 0.6) is 0 Å². The lowest BCUT2D eigenvalue weighted by Crippen LogP contribution is -2.51. The summed E-state index contributed by atoms with van der Waals surface area (Å²) in [4.78, 5) is 0. The van der Waals surface area contributed by atoms with E-state index in [1.165, 1.54) is 0 Å². The zero-order valence-electron chi connectivity index (χ0n) is 16.0. The fourth-order valence-corrected chi connectivity index (χ4v) is 4.98. The number of hydrogen-bond acceptors (Lipinski definition) is 6. The molecule has 3 heterocycles. The van der Waals surface area contributed by atoms with Gasteiger partial charge >= 0.3 is 9.53 Å². The first kappa shape index (κ1) is 19.7. The van der Waals surface area contributed by atoms with Crippen LogP contribution >= 0.6 is 0 Å². The molecule has 0 radical (unpaired) electrons. The molecule has 0 bridgehead atoms. The monoisotopic (exact) mass is 374 g/mol. The molecule has 0 aliphatic carbocycles. The second kappa shape index (κ2) is 8.33. The molecule has 0 aromatic carbocycles. The normalized spacial score (nSPS) is 25.9. The average molecular weight is 375 g/mol. The van der Waals surface area contributed by atoms with Crippen molar-refractivity contribution in [1.29, 1.82) is 0 Å². The first-order valence-electron chi connectivity index (χ1n) is 9.67. The number of hydrogen-bond donors (Lipinski definition) is 0. The van der Waals surface area contributed by atoms with Crippen molar-refractivity contribution in [3.05, 3.63) is 0 Å². The highest BCUT2D eigenvalue weighted by molar-refractivity contribution is 6.36. The standard InChI is InChI=1S/C18H34O6Si/c1-4-16(7-19-8-16)13-22-25(23-14-17(5-2)9-20-10-17)24-15-18(6-3)11-21-12-18/h25H,4-15H2,1-3H3. The predicted molar refractivity (Wildman–Crippen MR) is 95.6 cm³/mol. The molecule has 3 saturated heterocycles. The topological polar surface area (TPSA) is 55.4 Å². The Labute approximate surface area is 153 Å². The van der Waals surface area contributed by atoms with Gasteiger partial charge in [-0.1, -0.05) is 20.8 Å². The predicted octanol–water partition coefficient (Wildman–Crippen LogP) is 2.03. The van der Waals surface area contributed by atoms with Crippen molar-refractivity contribution < 1.29 is 27.5 Å². The molecule has 0 N–H and O–H groups in total. The minimum Gasteiger partial charge on any atom is -0.380 e. The first-order valence-corrected chi connectivity index (χ1v) is 11.1. The van der Waals surface area contributed by atoms with E-state index in [1.807, 2.05) is 0 Å². The van der Waals surface area contributed by atoms with Gasteiger partial charge in [0.1, 0.15) is 0 Å². The van der Waals surface area contributed by atoms with E-state index in [2.05, 4.69) is 20.8 Å². The quantitative estimate of drug-likeness (QED) is 0.487. The molecule has 3 aliphatic rings. The molecule has 0 amide bonds. The average Bonchev–Trinajstić information content (AvgIpc) is 2.52. The summed E-state index contributed by atoms with van der Waals surface area (Å²) in [6.45, 7) is 13.3. The third kappa shape index (κ3) is 4.46. The highest BCUT2D eigenvalue weighted by Crippen LogP contribution is 2.35. The van der Waals surface area contributed by atoms with Crippen molar-refractivity contribution in [1.82, 2.24) is 0 Å². The zero-order chi connectivity index (χ0) is 17.8. The maximum absolute atomic E-state index is 6.19. The highest BCUT2D eigenvalue weighted by Gasteiger charge is 2.42. The minimum absolute atomic E-state index is 0.155. The molecule has 0 spiro atoms. The van der Waals surface area contributed by atoms with Crippen molar-refractivity contribution in [3.8, 4) is 0 Å². The largest absolute Gasteiger partial charge is 0.484 e. The number of rotatable bonds is 12. The van der Waals surface area contributed by atoms with Gasteiger partial charge in [0.25, 0.3) is 0 Å². The van der Waals surface area contributed by atoms with E-state index >= 15 is 0 Å². The molecular weight excluding hydrogens is 340 g/mol. The van der Waals surface area contributed by atoms with Crippen molar-refractivity contribution in [2.24, 2.45) is 16.2 Å². The molecule has 3 rings (SSSR count). The Morgan fingerprint density at radius 2 is 0.880 bits per heavy atom. The molecule has 6 nitrogen and oxygen atoms in total. The van der Waals surface area contributed by atoms with E-state index < -0.39 is 9.53 Å². The van der Waals surface area contributed by atoms with Crippen molar-refractivity contribution in [3.63, 3.8) is 0 Å². The minimum atomic E-state index is -2.18. The van der Waals surface area contributed by atoms with Crippen LogP contribution in [-0.4, -0.2) is 69.0 Å².